The molecule has 31 heavy (non-hydrogen) atoms. The third-order valence-electron chi connectivity index (χ3n) is 5.62. The molecule has 0 spiro atoms. The lowest BCUT2D eigenvalue weighted by Crippen LogP contribution is -2.34. The predicted octanol–water partition coefficient (Wildman–Crippen LogP) is 5.79. The topological polar surface area (TPSA) is 36.4 Å². The number of aryl methyl sites for hydroxylation is 5. The van der Waals surface area contributed by atoms with Gasteiger partial charge in [-0.2, -0.15) is 0 Å². The van der Waals surface area contributed by atoms with Gasteiger partial charge >= 0.3 is 0 Å². The molecular weight excluding hydrogens is 426 g/mol. The summed E-state index contributed by atoms with van der Waals surface area (Å²) in [4.78, 5) is 22.5. The van der Waals surface area contributed by atoms with E-state index in [1.54, 1.807) is 11.3 Å². The van der Waals surface area contributed by atoms with Crippen molar-refractivity contribution in [3.63, 3.8) is 0 Å². The zero-order valence-corrected chi connectivity index (χ0v) is 21.3. The Labute approximate surface area is 196 Å². The first-order valence-electron chi connectivity index (χ1n) is 10.6. The first-order chi connectivity index (χ1) is 14.2. The van der Waals surface area contributed by atoms with E-state index in [0.29, 0.717) is 13.0 Å². The van der Waals surface area contributed by atoms with Crippen molar-refractivity contribution in [2.24, 2.45) is 0 Å². The summed E-state index contributed by atoms with van der Waals surface area (Å²) in [6, 6.07) is 8.57. The van der Waals surface area contributed by atoms with Gasteiger partial charge in [0.2, 0.25) is 5.91 Å². The first kappa shape index (κ1) is 25.3. The van der Waals surface area contributed by atoms with Gasteiger partial charge in [-0.1, -0.05) is 41.2 Å². The number of amides is 1. The molecule has 1 heterocycles. The number of rotatable bonds is 7. The standard InChI is InChI=1S/C25H33N3OS.ClH/c1-16-13-19(4)21(20(5)14-16)15-22(29)28(12-8-11-27(6)7)25-26-23-17(2)9-10-18(3)24(23)30-25;/h9-10,13-14H,8,11-12,15H2,1-7H3;1H. The second-order valence-electron chi connectivity index (χ2n) is 8.63. The third-order valence-corrected chi connectivity index (χ3v) is 6.83. The van der Waals surface area contributed by atoms with Crippen LogP contribution in [0.4, 0.5) is 5.13 Å². The Morgan fingerprint density at radius 3 is 2.13 bits per heavy atom. The minimum absolute atomic E-state index is 0. The molecule has 2 aromatic carbocycles. The molecule has 0 aliphatic carbocycles. The summed E-state index contributed by atoms with van der Waals surface area (Å²) in [5, 5.41) is 0.813. The number of hydrogen-bond donors (Lipinski definition) is 0. The van der Waals surface area contributed by atoms with E-state index in [4.69, 9.17) is 4.98 Å². The monoisotopic (exact) mass is 459 g/mol. The maximum absolute atomic E-state index is 13.5. The highest BCUT2D eigenvalue weighted by atomic mass is 35.5. The van der Waals surface area contributed by atoms with Crippen LogP contribution in [-0.4, -0.2) is 43.0 Å². The molecule has 0 saturated heterocycles. The van der Waals surface area contributed by atoms with Gasteiger partial charge in [0, 0.05) is 6.54 Å². The van der Waals surface area contributed by atoms with E-state index in [1.807, 2.05) is 4.90 Å². The quantitative estimate of drug-likeness (QED) is 0.448. The van der Waals surface area contributed by atoms with E-state index in [9.17, 15) is 4.79 Å². The third kappa shape index (κ3) is 5.85. The van der Waals surface area contributed by atoms with E-state index in [1.165, 1.54) is 27.0 Å². The predicted molar refractivity (Wildman–Crippen MR) is 136 cm³/mol. The fraction of sp³-hybridized carbons (Fsp3) is 0.440. The Hall–Kier alpha value is -1.95. The smallest absolute Gasteiger partial charge is 0.233 e. The van der Waals surface area contributed by atoms with Crippen molar-refractivity contribution in [1.82, 2.24) is 9.88 Å². The molecule has 1 aromatic heterocycles. The largest absolute Gasteiger partial charge is 0.309 e. The molecule has 0 saturated carbocycles. The Morgan fingerprint density at radius 1 is 0.935 bits per heavy atom. The van der Waals surface area contributed by atoms with Crippen molar-refractivity contribution in [2.45, 2.75) is 47.5 Å². The van der Waals surface area contributed by atoms with Crippen LogP contribution >= 0.6 is 23.7 Å². The van der Waals surface area contributed by atoms with Crippen molar-refractivity contribution < 1.29 is 4.79 Å². The average Bonchev–Trinajstić information content (AvgIpc) is 3.11. The number of halogens is 1. The second kappa shape index (κ2) is 10.6. The van der Waals surface area contributed by atoms with Crippen LogP contribution in [-0.2, 0) is 11.2 Å². The van der Waals surface area contributed by atoms with E-state index in [2.05, 4.69) is 77.9 Å². The van der Waals surface area contributed by atoms with Crippen LogP contribution in [0.3, 0.4) is 0 Å². The van der Waals surface area contributed by atoms with Crippen molar-refractivity contribution >= 4 is 45.0 Å². The fourth-order valence-electron chi connectivity index (χ4n) is 3.97. The Kier molecular flexibility index (Phi) is 8.64. The highest BCUT2D eigenvalue weighted by Crippen LogP contribution is 2.33. The first-order valence-corrected chi connectivity index (χ1v) is 11.4. The van der Waals surface area contributed by atoms with Gasteiger partial charge in [0.05, 0.1) is 16.6 Å². The minimum atomic E-state index is 0. The van der Waals surface area contributed by atoms with Crippen LogP contribution in [0.5, 0.6) is 0 Å². The van der Waals surface area contributed by atoms with Crippen LogP contribution in [0.15, 0.2) is 24.3 Å². The van der Waals surface area contributed by atoms with Gasteiger partial charge in [-0.3, -0.25) is 9.69 Å². The van der Waals surface area contributed by atoms with Gasteiger partial charge in [0.25, 0.3) is 0 Å². The molecule has 3 rings (SSSR count). The van der Waals surface area contributed by atoms with Gasteiger partial charge in [0.1, 0.15) is 0 Å². The molecule has 4 nitrogen and oxygen atoms in total. The highest BCUT2D eigenvalue weighted by Gasteiger charge is 2.22. The summed E-state index contributed by atoms with van der Waals surface area (Å²) in [6.45, 7) is 12.1. The number of benzene rings is 2. The van der Waals surface area contributed by atoms with Crippen LogP contribution < -0.4 is 4.90 Å². The van der Waals surface area contributed by atoms with E-state index < -0.39 is 0 Å². The molecule has 0 aliphatic heterocycles. The average molecular weight is 460 g/mol. The van der Waals surface area contributed by atoms with Crippen LogP contribution in [0.1, 0.15) is 39.8 Å². The lowest BCUT2D eigenvalue weighted by Gasteiger charge is -2.22. The molecule has 0 aliphatic rings. The molecule has 168 valence electrons. The van der Waals surface area contributed by atoms with Gasteiger partial charge < -0.3 is 4.90 Å². The lowest BCUT2D eigenvalue weighted by molar-refractivity contribution is -0.118. The van der Waals surface area contributed by atoms with Crippen LogP contribution in [0, 0.1) is 34.6 Å². The number of thiazole rings is 1. The minimum Gasteiger partial charge on any atom is -0.309 e. The summed E-state index contributed by atoms with van der Waals surface area (Å²) < 4.78 is 1.18. The number of carbonyl (C=O) groups is 1. The molecule has 0 radical (unpaired) electrons. The number of nitrogens with zero attached hydrogens (tertiary/aromatic N) is 3. The summed E-state index contributed by atoms with van der Waals surface area (Å²) in [7, 11) is 4.13. The fourth-order valence-corrected chi connectivity index (χ4v) is 5.13. The molecule has 0 fully saturated rings. The SMILES string of the molecule is Cc1cc(C)c(CC(=O)N(CCCN(C)C)c2nc3c(C)ccc(C)c3s2)c(C)c1.Cl. The number of fused-ring (bicyclic) bond motifs is 1. The van der Waals surface area contributed by atoms with Crippen LogP contribution in [0.2, 0.25) is 0 Å². The number of hydrogen-bond acceptors (Lipinski definition) is 4. The second-order valence-corrected chi connectivity index (χ2v) is 9.61. The van der Waals surface area contributed by atoms with E-state index >= 15 is 0 Å². The van der Waals surface area contributed by atoms with Crippen molar-refractivity contribution in [3.8, 4) is 0 Å². The van der Waals surface area contributed by atoms with Crippen molar-refractivity contribution in [1.29, 1.82) is 0 Å². The summed E-state index contributed by atoms with van der Waals surface area (Å²) in [5.74, 6) is 0.123. The molecule has 1 amide bonds. The molecule has 0 bridgehead atoms. The highest BCUT2D eigenvalue weighted by molar-refractivity contribution is 7.22. The molecule has 0 unspecified atom stereocenters. The Balaban J connectivity index is 0.00000341. The van der Waals surface area contributed by atoms with Crippen molar-refractivity contribution in [3.05, 3.63) is 57.6 Å². The number of carbonyl (C=O) groups excluding carboxylic acids is 1. The number of anilines is 1. The lowest BCUT2D eigenvalue weighted by atomic mass is 9.97. The number of aromatic nitrogens is 1. The summed E-state index contributed by atoms with van der Waals surface area (Å²) in [5.41, 5.74) is 8.13. The maximum atomic E-state index is 13.5. The normalized spacial score (nSPS) is 11.1. The molecule has 0 atom stereocenters. The summed E-state index contributed by atoms with van der Waals surface area (Å²) in [6.07, 6.45) is 1.33. The van der Waals surface area contributed by atoms with Gasteiger partial charge in [-0.05, 0) is 89.5 Å². The summed E-state index contributed by atoms with van der Waals surface area (Å²) >= 11 is 1.64. The van der Waals surface area contributed by atoms with Gasteiger partial charge in [-0.25, -0.2) is 4.98 Å². The van der Waals surface area contributed by atoms with Gasteiger partial charge in [-0.15, -0.1) is 12.4 Å². The van der Waals surface area contributed by atoms with Crippen molar-refractivity contribution in [2.75, 3.05) is 32.1 Å². The zero-order chi connectivity index (χ0) is 22.0. The maximum Gasteiger partial charge on any atom is 0.233 e. The Bertz CT molecular complexity index is 1010. The molecule has 3 aromatic rings. The molecule has 6 heteroatoms. The zero-order valence-electron chi connectivity index (χ0n) is 19.7. The van der Waals surface area contributed by atoms with Crippen LogP contribution in [0.25, 0.3) is 10.2 Å². The van der Waals surface area contributed by atoms with Gasteiger partial charge in [0.15, 0.2) is 5.13 Å². The van der Waals surface area contributed by atoms with E-state index in [-0.39, 0.29) is 18.3 Å². The molecular formula is C25H34ClN3OS. The van der Waals surface area contributed by atoms with E-state index in [0.717, 1.165) is 34.7 Å². The Morgan fingerprint density at radius 2 is 1.55 bits per heavy atom. The molecule has 0 N–H and O–H groups in total.